The largest absolute Gasteiger partial charge is 0.466 e. The molecule has 2 unspecified atom stereocenters. The molecule has 0 aromatic carbocycles. The molecule has 0 aromatic rings. The van der Waals surface area contributed by atoms with Crippen LogP contribution in [-0.2, 0) is 19.1 Å². The van der Waals surface area contributed by atoms with Crippen LogP contribution in [-0.4, -0.2) is 31.1 Å². The lowest BCUT2D eigenvalue weighted by molar-refractivity contribution is -0.148. The van der Waals surface area contributed by atoms with Crippen molar-refractivity contribution >= 4 is 11.8 Å². The van der Waals surface area contributed by atoms with Crippen LogP contribution in [0.4, 0.5) is 0 Å². The first-order valence-electron chi connectivity index (χ1n) is 9.64. The van der Waals surface area contributed by atoms with Crippen molar-refractivity contribution in [3.05, 3.63) is 11.6 Å². The molecule has 138 valence electrons. The number of carbonyl (C=O) groups excluding carboxylic acids is 2. The third-order valence-electron chi connectivity index (χ3n) is 4.57. The van der Waals surface area contributed by atoms with Gasteiger partial charge in [0.15, 0.2) is 5.78 Å². The van der Waals surface area contributed by atoms with Crippen molar-refractivity contribution in [1.29, 1.82) is 0 Å². The van der Waals surface area contributed by atoms with Crippen LogP contribution in [0, 0.1) is 5.92 Å². The molecule has 1 aliphatic rings. The lowest BCUT2D eigenvalue weighted by atomic mass is 9.97. The lowest BCUT2D eigenvalue weighted by Gasteiger charge is -2.13. The van der Waals surface area contributed by atoms with Gasteiger partial charge in [0.1, 0.15) is 0 Å². The molecule has 4 heteroatoms. The van der Waals surface area contributed by atoms with E-state index in [4.69, 9.17) is 9.47 Å². The van der Waals surface area contributed by atoms with E-state index in [1.54, 1.807) is 0 Å². The van der Waals surface area contributed by atoms with E-state index in [2.05, 4.69) is 6.92 Å². The third-order valence-corrected chi connectivity index (χ3v) is 4.57. The van der Waals surface area contributed by atoms with Crippen molar-refractivity contribution in [2.24, 2.45) is 5.92 Å². The minimum atomic E-state index is -0.0688. The van der Waals surface area contributed by atoms with Crippen molar-refractivity contribution < 1.29 is 19.1 Å². The molecule has 0 fully saturated rings. The maximum atomic E-state index is 12.0. The number of carbonyl (C=O) groups is 2. The molecule has 0 saturated carbocycles. The Balaban J connectivity index is 2.21. The van der Waals surface area contributed by atoms with E-state index in [0.29, 0.717) is 13.0 Å². The lowest BCUT2D eigenvalue weighted by Crippen LogP contribution is -2.17. The number of rotatable bonds is 13. The second kappa shape index (κ2) is 12.2. The Morgan fingerprint density at radius 1 is 1.21 bits per heavy atom. The molecule has 0 spiro atoms. The number of ether oxygens (including phenoxy) is 2. The Labute approximate surface area is 147 Å². The number of allylic oxidation sites excluding steroid dienone is 1. The number of hydrogen-bond acceptors (Lipinski definition) is 4. The average Bonchev–Trinajstić information content (AvgIpc) is 2.91. The Morgan fingerprint density at radius 3 is 2.67 bits per heavy atom. The highest BCUT2D eigenvalue weighted by Crippen LogP contribution is 2.23. The first kappa shape index (κ1) is 20.9. The highest BCUT2D eigenvalue weighted by Gasteiger charge is 2.24. The zero-order valence-corrected chi connectivity index (χ0v) is 15.6. The fourth-order valence-electron chi connectivity index (χ4n) is 3.03. The fourth-order valence-corrected chi connectivity index (χ4v) is 3.03. The summed E-state index contributed by atoms with van der Waals surface area (Å²) in [6, 6.07) is 0. The monoisotopic (exact) mass is 338 g/mol. The maximum Gasteiger partial charge on any atom is 0.308 e. The van der Waals surface area contributed by atoms with Gasteiger partial charge < -0.3 is 9.47 Å². The van der Waals surface area contributed by atoms with Crippen molar-refractivity contribution in [1.82, 2.24) is 0 Å². The normalized spacial score (nSPS) is 18.5. The van der Waals surface area contributed by atoms with Gasteiger partial charge in [0.05, 0.1) is 18.6 Å². The Bertz CT molecular complexity index is 414. The van der Waals surface area contributed by atoms with Crippen molar-refractivity contribution in [2.75, 3.05) is 13.2 Å². The number of hydrogen-bond donors (Lipinski definition) is 0. The molecule has 2 atom stereocenters. The van der Waals surface area contributed by atoms with E-state index in [1.807, 2.05) is 19.9 Å². The van der Waals surface area contributed by atoms with E-state index in [1.165, 1.54) is 0 Å². The summed E-state index contributed by atoms with van der Waals surface area (Å²) in [5.74, 6) is 0.198. The van der Waals surface area contributed by atoms with Gasteiger partial charge in [0.2, 0.25) is 0 Å². The van der Waals surface area contributed by atoms with Crippen LogP contribution in [0.3, 0.4) is 0 Å². The van der Waals surface area contributed by atoms with Crippen LogP contribution in [0.25, 0.3) is 0 Å². The molecule has 0 bridgehead atoms. The summed E-state index contributed by atoms with van der Waals surface area (Å²) in [7, 11) is 0. The summed E-state index contributed by atoms with van der Waals surface area (Å²) in [6.45, 7) is 7.20. The Hall–Kier alpha value is -1.16. The number of Topliss-reactive ketones (excluding diaryl/α,β-unsaturated/α-hetero) is 1. The molecular weight excluding hydrogens is 304 g/mol. The molecule has 0 amide bonds. The SMILES string of the molecule is CCCCOC1C=C(CCCCCC(CC)C(=O)OCC)C(=O)C1. The Kier molecular flexibility index (Phi) is 10.6. The minimum absolute atomic E-state index is 0.00710. The zero-order chi connectivity index (χ0) is 17.8. The predicted octanol–water partition coefficient (Wildman–Crippen LogP) is 4.61. The quantitative estimate of drug-likeness (QED) is 0.363. The first-order chi connectivity index (χ1) is 11.6. The minimum Gasteiger partial charge on any atom is -0.466 e. The van der Waals surface area contributed by atoms with Crippen LogP contribution in [0.15, 0.2) is 11.6 Å². The summed E-state index contributed by atoms with van der Waals surface area (Å²) in [6.07, 6.45) is 10.3. The van der Waals surface area contributed by atoms with Gasteiger partial charge in [-0.25, -0.2) is 0 Å². The van der Waals surface area contributed by atoms with Crippen molar-refractivity contribution in [3.8, 4) is 0 Å². The summed E-state index contributed by atoms with van der Waals surface area (Å²) >= 11 is 0. The van der Waals surface area contributed by atoms with E-state index < -0.39 is 0 Å². The molecule has 4 nitrogen and oxygen atoms in total. The van der Waals surface area contributed by atoms with E-state index in [9.17, 15) is 9.59 Å². The van der Waals surface area contributed by atoms with Gasteiger partial charge in [-0.15, -0.1) is 0 Å². The molecular formula is C20H34O4. The molecule has 0 saturated heterocycles. The maximum absolute atomic E-state index is 12.0. The van der Waals surface area contributed by atoms with E-state index in [-0.39, 0.29) is 23.8 Å². The molecule has 1 rings (SSSR count). The van der Waals surface area contributed by atoms with E-state index >= 15 is 0 Å². The molecule has 0 aliphatic heterocycles. The summed E-state index contributed by atoms with van der Waals surface area (Å²) in [4.78, 5) is 23.7. The van der Waals surface area contributed by atoms with Crippen LogP contribution >= 0.6 is 0 Å². The number of unbranched alkanes of at least 4 members (excludes halogenated alkanes) is 3. The summed E-state index contributed by atoms with van der Waals surface area (Å²) < 4.78 is 10.8. The molecule has 24 heavy (non-hydrogen) atoms. The third kappa shape index (κ3) is 7.61. The number of esters is 1. The van der Waals surface area contributed by atoms with Crippen LogP contribution in [0.2, 0.25) is 0 Å². The summed E-state index contributed by atoms with van der Waals surface area (Å²) in [5, 5.41) is 0. The molecule has 0 N–H and O–H groups in total. The predicted molar refractivity (Wildman–Crippen MR) is 95.9 cm³/mol. The van der Waals surface area contributed by atoms with Gasteiger partial charge in [0, 0.05) is 13.0 Å². The van der Waals surface area contributed by atoms with Crippen molar-refractivity contribution in [3.63, 3.8) is 0 Å². The van der Waals surface area contributed by atoms with Gasteiger partial charge in [-0.2, -0.15) is 0 Å². The topological polar surface area (TPSA) is 52.6 Å². The molecule has 0 aromatic heterocycles. The van der Waals surface area contributed by atoms with Gasteiger partial charge in [-0.1, -0.05) is 33.1 Å². The Morgan fingerprint density at radius 2 is 2.00 bits per heavy atom. The standard InChI is InChI=1S/C20H34O4/c1-4-7-13-24-18-14-17(19(21)15-18)12-10-8-9-11-16(5-2)20(22)23-6-3/h14,16,18H,4-13,15H2,1-3H3. The summed E-state index contributed by atoms with van der Waals surface area (Å²) in [5.41, 5.74) is 0.939. The van der Waals surface area contributed by atoms with Gasteiger partial charge >= 0.3 is 5.97 Å². The fraction of sp³-hybridized carbons (Fsp3) is 0.800. The zero-order valence-electron chi connectivity index (χ0n) is 15.6. The van der Waals surface area contributed by atoms with E-state index in [0.717, 1.165) is 63.5 Å². The van der Waals surface area contributed by atoms with Gasteiger partial charge in [-0.05, 0) is 50.7 Å². The van der Waals surface area contributed by atoms with Crippen LogP contribution < -0.4 is 0 Å². The molecule has 1 aliphatic carbocycles. The first-order valence-corrected chi connectivity index (χ1v) is 9.64. The smallest absolute Gasteiger partial charge is 0.308 e. The molecule has 0 heterocycles. The van der Waals surface area contributed by atoms with Gasteiger partial charge in [0.25, 0.3) is 0 Å². The second-order valence-electron chi connectivity index (χ2n) is 6.54. The van der Waals surface area contributed by atoms with Gasteiger partial charge in [-0.3, -0.25) is 9.59 Å². The highest BCUT2D eigenvalue weighted by atomic mass is 16.5. The number of ketones is 1. The highest BCUT2D eigenvalue weighted by molar-refractivity contribution is 5.98. The average molecular weight is 338 g/mol. The van der Waals surface area contributed by atoms with Crippen molar-refractivity contribution in [2.45, 2.75) is 84.7 Å². The van der Waals surface area contributed by atoms with Crippen LogP contribution in [0.5, 0.6) is 0 Å². The molecule has 0 radical (unpaired) electrons. The van der Waals surface area contributed by atoms with Crippen LogP contribution in [0.1, 0.15) is 78.6 Å². The second-order valence-corrected chi connectivity index (χ2v) is 6.54.